The van der Waals surface area contributed by atoms with Crippen molar-refractivity contribution in [1.82, 2.24) is 4.90 Å². The summed E-state index contributed by atoms with van der Waals surface area (Å²) in [5, 5.41) is 0. The van der Waals surface area contributed by atoms with Gasteiger partial charge in [0.2, 0.25) is 0 Å². The second-order valence-electron chi connectivity index (χ2n) is 7.11. The summed E-state index contributed by atoms with van der Waals surface area (Å²) in [6.07, 6.45) is 6.67. The number of hydrogen-bond donors (Lipinski definition) is 0. The Hall–Kier alpha value is -2.32. The summed E-state index contributed by atoms with van der Waals surface area (Å²) < 4.78 is 6.37. The predicted octanol–water partition coefficient (Wildman–Crippen LogP) is 5.63. The zero-order valence-corrected chi connectivity index (χ0v) is 15.9. The zero-order chi connectivity index (χ0) is 18.2. The first kappa shape index (κ1) is 18.5. The number of ether oxygens (including phenoxy) is 1. The molecule has 1 aliphatic rings. The van der Waals surface area contributed by atoms with Gasteiger partial charge in [-0.25, -0.2) is 0 Å². The van der Waals surface area contributed by atoms with Crippen LogP contribution >= 0.6 is 0 Å². The molecule has 0 heterocycles. The highest BCUT2D eigenvalue weighted by Gasteiger charge is 2.20. The Labute approximate surface area is 157 Å². The van der Waals surface area contributed by atoms with Crippen LogP contribution in [0, 0.1) is 0 Å². The van der Waals surface area contributed by atoms with Crippen molar-refractivity contribution in [2.75, 3.05) is 27.2 Å². The van der Waals surface area contributed by atoms with Gasteiger partial charge in [0.15, 0.2) is 0 Å². The van der Waals surface area contributed by atoms with E-state index >= 15 is 0 Å². The Morgan fingerprint density at radius 3 is 2.31 bits per heavy atom. The first-order valence-corrected chi connectivity index (χ1v) is 9.56. The van der Waals surface area contributed by atoms with Crippen LogP contribution in [0.5, 0.6) is 0 Å². The van der Waals surface area contributed by atoms with Crippen molar-refractivity contribution in [1.29, 1.82) is 0 Å². The molecule has 0 spiro atoms. The normalized spacial score (nSPS) is 16.3. The molecule has 0 N–H and O–H groups in total. The largest absolute Gasteiger partial charge is 0.493 e. The van der Waals surface area contributed by atoms with E-state index in [-0.39, 0.29) is 0 Å². The molecule has 0 aliphatic heterocycles. The fourth-order valence-corrected chi connectivity index (χ4v) is 3.41. The molecule has 3 rings (SSSR count). The maximum Gasteiger partial charge on any atom is 0.126 e. The lowest BCUT2D eigenvalue weighted by Gasteiger charge is -2.24. The zero-order valence-electron chi connectivity index (χ0n) is 15.9. The van der Waals surface area contributed by atoms with Gasteiger partial charge in [0, 0.05) is 12.1 Å². The van der Waals surface area contributed by atoms with E-state index in [9.17, 15) is 0 Å². The van der Waals surface area contributed by atoms with Gasteiger partial charge in [-0.3, -0.25) is 0 Å². The molecule has 0 unspecified atom stereocenters. The summed E-state index contributed by atoms with van der Waals surface area (Å²) in [5.74, 6) is 1.10. The van der Waals surface area contributed by atoms with Crippen molar-refractivity contribution in [3.05, 3.63) is 83.1 Å². The third-order valence-corrected chi connectivity index (χ3v) is 4.70. The van der Waals surface area contributed by atoms with E-state index in [0.29, 0.717) is 0 Å². The van der Waals surface area contributed by atoms with Gasteiger partial charge in [-0.2, -0.15) is 0 Å². The molecule has 26 heavy (non-hydrogen) atoms. The molecule has 2 nitrogen and oxygen atoms in total. The topological polar surface area (TPSA) is 12.5 Å². The number of rotatable bonds is 7. The summed E-state index contributed by atoms with van der Waals surface area (Å²) in [6, 6.07) is 21.3. The van der Waals surface area contributed by atoms with Crippen LogP contribution in [0.3, 0.4) is 0 Å². The lowest BCUT2D eigenvalue weighted by molar-refractivity contribution is 0.201. The molecule has 0 amide bonds. The molecule has 2 aromatic carbocycles. The molecular weight excluding hydrogens is 318 g/mol. The molecule has 2 aromatic rings. The third kappa shape index (κ3) is 5.09. The highest BCUT2D eigenvalue weighted by atomic mass is 16.5. The molecule has 136 valence electrons. The second kappa shape index (κ2) is 9.40. The van der Waals surface area contributed by atoms with Crippen LogP contribution in [-0.4, -0.2) is 32.1 Å². The van der Waals surface area contributed by atoms with Crippen LogP contribution in [0.15, 0.2) is 72.0 Å². The van der Waals surface area contributed by atoms with Crippen molar-refractivity contribution in [2.24, 2.45) is 0 Å². The van der Waals surface area contributed by atoms with Crippen molar-refractivity contribution in [2.45, 2.75) is 25.7 Å². The van der Waals surface area contributed by atoms with Crippen molar-refractivity contribution < 1.29 is 4.74 Å². The molecule has 1 aliphatic carbocycles. The Morgan fingerprint density at radius 1 is 0.923 bits per heavy atom. The summed E-state index contributed by atoms with van der Waals surface area (Å²) in [4.78, 5) is 2.21. The SMILES string of the molecule is CN(C)CCCOC1=C(c2ccccc2)CCC/C1=C\c1ccccc1. The molecule has 0 atom stereocenters. The van der Waals surface area contributed by atoms with E-state index < -0.39 is 0 Å². The first-order chi connectivity index (χ1) is 12.7. The van der Waals surface area contributed by atoms with Gasteiger partial charge in [-0.05, 0) is 62.6 Å². The molecular formula is C24H29NO. The van der Waals surface area contributed by atoms with E-state index in [0.717, 1.165) is 38.2 Å². The summed E-state index contributed by atoms with van der Waals surface area (Å²) in [7, 11) is 4.21. The Morgan fingerprint density at radius 2 is 1.62 bits per heavy atom. The van der Waals surface area contributed by atoms with Gasteiger partial charge in [0.25, 0.3) is 0 Å². The van der Waals surface area contributed by atoms with Gasteiger partial charge in [0.05, 0.1) is 6.61 Å². The lowest BCUT2D eigenvalue weighted by atomic mass is 9.88. The molecule has 0 radical (unpaired) electrons. The third-order valence-electron chi connectivity index (χ3n) is 4.70. The maximum atomic E-state index is 6.37. The van der Waals surface area contributed by atoms with Gasteiger partial charge in [-0.1, -0.05) is 60.7 Å². The van der Waals surface area contributed by atoms with Gasteiger partial charge >= 0.3 is 0 Å². The quantitative estimate of drug-likeness (QED) is 0.602. The van der Waals surface area contributed by atoms with Crippen LogP contribution in [0.4, 0.5) is 0 Å². The van der Waals surface area contributed by atoms with Crippen molar-refractivity contribution >= 4 is 11.6 Å². The molecule has 0 saturated heterocycles. The number of allylic oxidation sites excluding steroid dienone is 2. The van der Waals surface area contributed by atoms with Crippen LogP contribution in [-0.2, 0) is 4.74 Å². The van der Waals surface area contributed by atoms with Crippen LogP contribution in [0.2, 0.25) is 0 Å². The monoisotopic (exact) mass is 347 g/mol. The van der Waals surface area contributed by atoms with E-state index in [1.54, 1.807) is 0 Å². The standard InChI is InChI=1S/C24H29NO/c1-25(2)17-10-18-26-24-22(19-20-11-5-3-6-12-20)15-9-16-23(24)21-13-7-4-8-14-21/h3-8,11-14,19H,9-10,15-18H2,1-2H3/b22-19+. The average Bonchev–Trinajstić information content (AvgIpc) is 2.67. The van der Waals surface area contributed by atoms with E-state index in [2.05, 4.69) is 85.7 Å². The predicted molar refractivity (Wildman–Crippen MR) is 111 cm³/mol. The van der Waals surface area contributed by atoms with Crippen LogP contribution in [0.25, 0.3) is 11.6 Å². The van der Waals surface area contributed by atoms with E-state index in [4.69, 9.17) is 4.74 Å². The minimum Gasteiger partial charge on any atom is -0.493 e. The number of benzene rings is 2. The van der Waals surface area contributed by atoms with Crippen molar-refractivity contribution in [3.8, 4) is 0 Å². The highest BCUT2D eigenvalue weighted by molar-refractivity contribution is 5.75. The molecule has 0 saturated carbocycles. The fraction of sp³-hybridized carbons (Fsp3) is 0.333. The minimum atomic E-state index is 0.760. The van der Waals surface area contributed by atoms with Crippen LogP contribution < -0.4 is 0 Å². The Balaban J connectivity index is 1.90. The first-order valence-electron chi connectivity index (χ1n) is 9.56. The Kier molecular flexibility index (Phi) is 6.68. The molecule has 0 fully saturated rings. The maximum absolute atomic E-state index is 6.37. The van der Waals surface area contributed by atoms with Gasteiger partial charge in [0.1, 0.15) is 5.76 Å². The van der Waals surface area contributed by atoms with Gasteiger partial charge in [-0.15, -0.1) is 0 Å². The number of hydrogen-bond acceptors (Lipinski definition) is 2. The van der Waals surface area contributed by atoms with E-state index in [1.807, 2.05) is 0 Å². The molecule has 2 heteroatoms. The van der Waals surface area contributed by atoms with Crippen LogP contribution in [0.1, 0.15) is 36.8 Å². The number of nitrogens with zero attached hydrogens (tertiary/aromatic N) is 1. The van der Waals surface area contributed by atoms with Gasteiger partial charge < -0.3 is 9.64 Å². The average molecular weight is 348 g/mol. The van der Waals surface area contributed by atoms with E-state index in [1.165, 1.54) is 28.7 Å². The molecule has 0 aromatic heterocycles. The smallest absolute Gasteiger partial charge is 0.126 e. The van der Waals surface area contributed by atoms with Crippen molar-refractivity contribution in [3.63, 3.8) is 0 Å². The summed E-state index contributed by atoms with van der Waals surface area (Å²) in [6.45, 7) is 1.81. The lowest BCUT2D eigenvalue weighted by Crippen LogP contribution is -2.15. The second-order valence-corrected chi connectivity index (χ2v) is 7.11. The Bertz CT molecular complexity index is 744. The summed E-state index contributed by atoms with van der Waals surface area (Å²) in [5.41, 5.74) is 5.20. The summed E-state index contributed by atoms with van der Waals surface area (Å²) >= 11 is 0. The molecule has 0 bridgehead atoms. The minimum absolute atomic E-state index is 0.760. The highest BCUT2D eigenvalue weighted by Crippen LogP contribution is 2.37. The fourth-order valence-electron chi connectivity index (χ4n) is 3.41.